The van der Waals surface area contributed by atoms with Crippen molar-refractivity contribution in [3.05, 3.63) is 148 Å². The molecule has 0 aliphatic carbocycles. The molecule has 0 saturated carbocycles. The van der Waals surface area contributed by atoms with E-state index >= 15 is 0 Å². The Morgan fingerprint density at radius 2 is 1.31 bits per heavy atom. The second-order valence-electron chi connectivity index (χ2n) is 14.0. The third-order valence-electron chi connectivity index (χ3n) is 9.10. The standard InChI is InChI=1S/C43H46N2O5S.Na.H/c1-28-25-29(2)40(30(3)26-28)34-17-21-37(22-18-34)45-42(47)39(27-35-9-7-8-10-38(35)41(46)44-23-24-50-51(48)49)33-13-11-31(12-14-33)32-15-19-36(20-16-32)43(4,5)6;;/h7-22,25-26,39,51H,23-24,27H2,1-6H3,(H,44,46)(H,45,47);;/t39-;;/m1../s1. The number of hydrogen-bond donors (Lipinski definition) is 3. The second-order valence-corrected chi connectivity index (χ2v) is 14.7. The summed E-state index contributed by atoms with van der Waals surface area (Å²) in [5.74, 6) is -1.19. The molecule has 0 fully saturated rings. The molecule has 0 spiro atoms. The molecule has 2 amide bonds. The van der Waals surface area contributed by atoms with Crippen LogP contribution in [-0.4, -0.2) is 62.9 Å². The molecule has 0 heterocycles. The fourth-order valence-corrected chi connectivity index (χ4v) is 6.78. The maximum atomic E-state index is 14.2. The Hall–Kier alpha value is -4.05. The zero-order valence-electron chi connectivity index (χ0n) is 30.1. The van der Waals surface area contributed by atoms with Gasteiger partial charge in [0.25, 0.3) is 16.9 Å². The van der Waals surface area contributed by atoms with Gasteiger partial charge >= 0.3 is 29.6 Å². The molecular formula is C43H47N2NaO5S. The number of hydrogen-bond acceptors (Lipinski definition) is 5. The number of nitrogens with one attached hydrogen (secondary N) is 2. The summed E-state index contributed by atoms with van der Waals surface area (Å²) in [7, 11) is -3.00. The predicted octanol–water partition coefficient (Wildman–Crippen LogP) is 7.83. The fourth-order valence-electron chi connectivity index (χ4n) is 6.54. The maximum absolute atomic E-state index is 14.2. The van der Waals surface area contributed by atoms with Crippen LogP contribution in [0.2, 0.25) is 0 Å². The fraction of sp³-hybridized carbons (Fsp3) is 0.256. The van der Waals surface area contributed by atoms with Crippen molar-refractivity contribution in [3.63, 3.8) is 0 Å². The van der Waals surface area contributed by atoms with E-state index in [2.05, 4.69) is 92.8 Å². The summed E-state index contributed by atoms with van der Waals surface area (Å²) < 4.78 is 26.1. The van der Waals surface area contributed by atoms with E-state index in [0.717, 1.165) is 22.3 Å². The van der Waals surface area contributed by atoms with Crippen molar-refractivity contribution >= 4 is 58.0 Å². The van der Waals surface area contributed by atoms with E-state index in [-0.39, 0.29) is 66.4 Å². The molecule has 2 N–H and O–H groups in total. The van der Waals surface area contributed by atoms with Gasteiger partial charge in [-0.1, -0.05) is 117 Å². The molecule has 0 bridgehead atoms. The summed E-state index contributed by atoms with van der Waals surface area (Å²) in [6.45, 7) is 12.8. The van der Waals surface area contributed by atoms with Gasteiger partial charge in [-0.25, -0.2) is 8.42 Å². The van der Waals surface area contributed by atoms with Gasteiger partial charge in [-0.2, -0.15) is 0 Å². The Morgan fingerprint density at radius 3 is 1.88 bits per heavy atom. The van der Waals surface area contributed by atoms with Crippen molar-refractivity contribution in [2.45, 2.75) is 59.3 Å². The molecule has 0 aliphatic heterocycles. The van der Waals surface area contributed by atoms with Gasteiger partial charge in [-0.3, -0.25) is 13.8 Å². The minimum atomic E-state index is -3.00. The average Bonchev–Trinajstić information content (AvgIpc) is 3.09. The van der Waals surface area contributed by atoms with Gasteiger partial charge in [0.05, 0.1) is 12.5 Å². The first-order valence-corrected chi connectivity index (χ1v) is 18.2. The van der Waals surface area contributed by atoms with Crippen LogP contribution in [0.25, 0.3) is 22.3 Å². The Kier molecular flexibility index (Phi) is 14.2. The normalized spacial score (nSPS) is 11.8. The van der Waals surface area contributed by atoms with Gasteiger partial charge in [0.15, 0.2) is 0 Å². The molecule has 7 nitrogen and oxygen atoms in total. The van der Waals surface area contributed by atoms with E-state index in [1.54, 1.807) is 12.1 Å². The summed E-state index contributed by atoms with van der Waals surface area (Å²) in [5, 5.41) is 5.85. The number of carbonyl (C=O) groups excluding carboxylic acids is 2. The van der Waals surface area contributed by atoms with Crippen LogP contribution in [0.4, 0.5) is 5.69 Å². The van der Waals surface area contributed by atoms with E-state index in [1.807, 2.05) is 60.7 Å². The van der Waals surface area contributed by atoms with Gasteiger partial charge in [0, 0.05) is 17.8 Å². The molecule has 5 rings (SSSR count). The number of carbonyl (C=O) groups is 2. The van der Waals surface area contributed by atoms with Gasteiger partial charge in [0.2, 0.25) is 5.91 Å². The van der Waals surface area contributed by atoms with Crippen LogP contribution in [0, 0.1) is 20.8 Å². The van der Waals surface area contributed by atoms with Crippen LogP contribution < -0.4 is 10.6 Å². The van der Waals surface area contributed by atoms with Crippen molar-refractivity contribution < 1.29 is 22.2 Å². The quantitative estimate of drug-likeness (QED) is 0.0692. The Bertz CT molecular complexity index is 2050. The third-order valence-corrected chi connectivity index (χ3v) is 9.50. The Morgan fingerprint density at radius 1 is 0.750 bits per heavy atom. The molecule has 5 aromatic rings. The average molecular weight is 727 g/mol. The first kappa shape index (κ1) is 40.7. The second kappa shape index (κ2) is 18.1. The van der Waals surface area contributed by atoms with Crippen molar-refractivity contribution in [1.82, 2.24) is 5.32 Å². The molecule has 266 valence electrons. The van der Waals surface area contributed by atoms with E-state index in [1.165, 1.54) is 27.8 Å². The van der Waals surface area contributed by atoms with Crippen LogP contribution in [0.1, 0.15) is 70.4 Å². The molecule has 0 saturated heterocycles. The van der Waals surface area contributed by atoms with Crippen LogP contribution >= 0.6 is 0 Å². The van der Waals surface area contributed by atoms with Gasteiger partial charge in [0.1, 0.15) is 0 Å². The summed E-state index contributed by atoms with van der Waals surface area (Å²) in [5.41, 5.74) is 11.9. The van der Waals surface area contributed by atoms with Crippen LogP contribution in [-0.2, 0) is 31.8 Å². The van der Waals surface area contributed by atoms with Crippen molar-refractivity contribution in [3.8, 4) is 22.3 Å². The molecule has 0 radical (unpaired) electrons. The van der Waals surface area contributed by atoms with Crippen LogP contribution in [0.15, 0.2) is 109 Å². The van der Waals surface area contributed by atoms with Crippen molar-refractivity contribution in [2.24, 2.45) is 0 Å². The summed E-state index contributed by atoms with van der Waals surface area (Å²) in [6.07, 6.45) is 0.262. The molecule has 0 unspecified atom stereocenters. The van der Waals surface area contributed by atoms with E-state index < -0.39 is 16.9 Å². The number of rotatable bonds is 12. The predicted molar refractivity (Wildman–Crippen MR) is 214 cm³/mol. The summed E-state index contributed by atoms with van der Waals surface area (Å²) in [4.78, 5) is 27.3. The monoisotopic (exact) mass is 726 g/mol. The SMILES string of the molecule is Cc1cc(C)c(-c2ccc(NC(=O)[C@H](Cc3ccccc3C(=O)NCCO[SH](=O)=O)c3ccc(-c4ccc(C(C)(C)C)cc4)cc3)cc2)c(C)c1.[NaH]. The van der Waals surface area contributed by atoms with E-state index in [0.29, 0.717) is 16.8 Å². The van der Waals surface area contributed by atoms with Gasteiger partial charge in [-0.05, 0) is 101 Å². The zero-order valence-corrected chi connectivity index (χ0v) is 31.0. The molecule has 9 heteroatoms. The first-order chi connectivity index (χ1) is 24.3. The number of anilines is 1. The molecule has 52 heavy (non-hydrogen) atoms. The molecule has 5 aromatic carbocycles. The van der Waals surface area contributed by atoms with E-state index in [4.69, 9.17) is 0 Å². The number of amides is 2. The summed E-state index contributed by atoms with van der Waals surface area (Å²) >= 11 is 0. The first-order valence-electron chi connectivity index (χ1n) is 17.1. The number of aryl methyl sites for hydroxylation is 3. The summed E-state index contributed by atoms with van der Waals surface area (Å²) in [6, 6.07) is 36.0. The van der Waals surface area contributed by atoms with E-state index in [9.17, 15) is 18.0 Å². The minimum absolute atomic E-state index is 0. The third kappa shape index (κ3) is 10.5. The Balaban J connectivity index is 0.00000605. The number of thiol groups is 1. The molecule has 0 aliphatic rings. The van der Waals surface area contributed by atoms with Gasteiger partial charge in [-0.15, -0.1) is 0 Å². The molecule has 0 aromatic heterocycles. The van der Waals surface area contributed by atoms with Crippen molar-refractivity contribution in [2.75, 3.05) is 18.5 Å². The molecular weight excluding hydrogens is 680 g/mol. The zero-order chi connectivity index (χ0) is 36.7. The van der Waals surface area contributed by atoms with Crippen LogP contribution in [0.5, 0.6) is 0 Å². The Labute approximate surface area is 331 Å². The number of benzene rings is 5. The topological polar surface area (TPSA) is 102 Å². The van der Waals surface area contributed by atoms with Crippen LogP contribution in [0.3, 0.4) is 0 Å². The molecule has 1 atom stereocenters. The van der Waals surface area contributed by atoms with Crippen molar-refractivity contribution in [1.29, 1.82) is 0 Å². The van der Waals surface area contributed by atoms with Gasteiger partial charge < -0.3 is 10.6 Å².